The van der Waals surface area contributed by atoms with E-state index in [2.05, 4.69) is 10.1 Å². The number of ketones is 1. The molecular formula is C10H11N3OS. The van der Waals surface area contributed by atoms with Crippen molar-refractivity contribution < 1.29 is 4.79 Å². The second-order valence-corrected chi connectivity index (χ2v) is 4.31. The predicted octanol–water partition coefficient (Wildman–Crippen LogP) is 1.61. The third-order valence-corrected chi connectivity index (χ3v) is 2.89. The van der Waals surface area contributed by atoms with Crippen LogP contribution < -0.4 is 0 Å². The van der Waals surface area contributed by atoms with E-state index in [0.29, 0.717) is 12.0 Å². The number of thiazole rings is 1. The Morgan fingerprint density at radius 1 is 1.60 bits per heavy atom. The van der Waals surface area contributed by atoms with Crippen LogP contribution in [0.4, 0.5) is 0 Å². The number of nitrogens with zero attached hydrogens (tertiary/aromatic N) is 3. The lowest BCUT2D eigenvalue weighted by molar-refractivity contribution is 0.0992. The summed E-state index contributed by atoms with van der Waals surface area (Å²) in [6, 6.07) is 0. The third kappa shape index (κ3) is 2.12. The average Bonchev–Trinajstić information content (AvgIpc) is 2.75. The number of aromatic nitrogens is 3. The van der Waals surface area contributed by atoms with Crippen LogP contribution in [0.1, 0.15) is 21.1 Å². The van der Waals surface area contributed by atoms with Gasteiger partial charge in [-0.2, -0.15) is 5.10 Å². The third-order valence-electron chi connectivity index (χ3n) is 2.11. The quantitative estimate of drug-likeness (QED) is 0.740. The molecule has 0 atom stereocenters. The number of Topliss-reactive ketones (excluding diaryl/α,β-unsaturated/α-hetero) is 1. The van der Waals surface area contributed by atoms with Gasteiger partial charge in [-0.3, -0.25) is 9.48 Å². The van der Waals surface area contributed by atoms with Crippen molar-refractivity contribution in [3.05, 3.63) is 34.0 Å². The highest BCUT2D eigenvalue weighted by Crippen LogP contribution is 2.12. The van der Waals surface area contributed by atoms with Crippen LogP contribution in [0.3, 0.4) is 0 Å². The number of carbonyl (C=O) groups excluding carboxylic acids is 1. The lowest BCUT2D eigenvalue weighted by atomic mass is 10.1. The normalized spacial score (nSPS) is 10.5. The van der Waals surface area contributed by atoms with E-state index in [0.717, 1.165) is 10.7 Å². The molecule has 4 nitrogen and oxygen atoms in total. The molecule has 0 aromatic carbocycles. The van der Waals surface area contributed by atoms with Gasteiger partial charge in [-0.05, 0) is 6.92 Å². The smallest absolute Gasteiger partial charge is 0.173 e. The summed E-state index contributed by atoms with van der Waals surface area (Å²) < 4.78 is 1.66. The molecule has 0 saturated carbocycles. The van der Waals surface area contributed by atoms with Gasteiger partial charge in [-0.25, -0.2) is 4.98 Å². The van der Waals surface area contributed by atoms with Crippen LogP contribution in [0.2, 0.25) is 0 Å². The monoisotopic (exact) mass is 221 g/mol. The Hall–Kier alpha value is -1.49. The molecule has 0 aliphatic carbocycles. The number of hydrogen-bond donors (Lipinski definition) is 0. The van der Waals surface area contributed by atoms with Gasteiger partial charge in [0.15, 0.2) is 5.78 Å². The SMILES string of the molecule is Cc1nn(C)cc1C(=O)Cc1nccs1. The average molecular weight is 221 g/mol. The molecule has 0 aliphatic rings. The van der Waals surface area contributed by atoms with E-state index < -0.39 is 0 Å². The maximum Gasteiger partial charge on any atom is 0.173 e. The van der Waals surface area contributed by atoms with Crippen molar-refractivity contribution in [2.75, 3.05) is 0 Å². The molecule has 0 bridgehead atoms. The van der Waals surface area contributed by atoms with Crippen LogP contribution in [0.5, 0.6) is 0 Å². The first-order valence-corrected chi connectivity index (χ1v) is 5.46. The van der Waals surface area contributed by atoms with Crippen molar-refractivity contribution in [3.63, 3.8) is 0 Å². The summed E-state index contributed by atoms with van der Waals surface area (Å²) in [5, 5.41) is 6.86. The second-order valence-electron chi connectivity index (χ2n) is 3.33. The van der Waals surface area contributed by atoms with Crippen molar-refractivity contribution in [2.24, 2.45) is 7.05 Å². The molecule has 2 rings (SSSR count). The Bertz CT molecular complexity index is 473. The molecule has 0 spiro atoms. The van der Waals surface area contributed by atoms with Crippen molar-refractivity contribution in [3.8, 4) is 0 Å². The van der Waals surface area contributed by atoms with Gasteiger partial charge < -0.3 is 0 Å². The summed E-state index contributed by atoms with van der Waals surface area (Å²) in [5.74, 6) is 0.0792. The highest BCUT2D eigenvalue weighted by Gasteiger charge is 2.13. The zero-order chi connectivity index (χ0) is 10.8. The number of carbonyl (C=O) groups is 1. The minimum absolute atomic E-state index is 0.0792. The fraction of sp³-hybridized carbons (Fsp3) is 0.300. The molecule has 2 aromatic heterocycles. The van der Waals surface area contributed by atoms with E-state index in [1.54, 1.807) is 17.1 Å². The van der Waals surface area contributed by atoms with Gasteiger partial charge in [0, 0.05) is 24.8 Å². The van der Waals surface area contributed by atoms with Gasteiger partial charge in [-0.15, -0.1) is 11.3 Å². The van der Waals surface area contributed by atoms with Crippen LogP contribution in [0, 0.1) is 6.92 Å². The Morgan fingerprint density at radius 2 is 2.40 bits per heavy atom. The summed E-state index contributed by atoms with van der Waals surface area (Å²) >= 11 is 1.50. The van der Waals surface area contributed by atoms with Crippen molar-refractivity contribution in [1.82, 2.24) is 14.8 Å². The molecule has 5 heteroatoms. The zero-order valence-electron chi connectivity index (χ0n) is 8.60. The number of rotatable bonds is 3. The maximum atomic E-state index is 11.9. The molecule has 0 amide bonds. The van der Waals surface area contributed by atoms with Crippen molar-refractivity contribution >= 4 is 17.1 Å². The van der Waals surface area contributed by atoms with E-state index in [1.807, 2.05) is 19.4 Å². The lowest BCUT2D eigenvalue weighted by Crippen LogP contribution is -2.03. The lowest BCUT2D eigenvalue weighted by Gasteiger charge is -1.94. The summed E-state index contributed by atoms with van der Waals surface area (Å²) in [5.41, 5.74) is 1.46. The van der Waals surface area contributed by atoms with E-state index in [1.165, 1.54) is 11.3 Å². The summed E-state index contributed by atoms with van der Waals surface area (Å²) in [6.45, 7) is 1.84. The van der Waals surface area contributed by atoms with E-state index >= 15 is 0 Å². The van der Waals surface area contributed by atoms with Gasteiger partial charge in [0.05, 0.1) is 17.7 Å². The van der Waals surface area contributed by atoms with Crippen LogP contribution >= 0.6 is 11.3 Å². The van der Waals surface area contributed by atoms with Crippen LogP contribution in [-0.2, 0) is 13.5 Å². The molecule has 2 heterocycles. The summed E-state index contributed by atoms with van der Waals surface area (Å²) in [4.78, 5) is 15.9. The van der Waals surface area contributed by atoms with Gasteiger partial charge in [0.2, 0.25) is 0 Å². The fourth-order valence-corrected chi connectivity index (χ4v) is 2.06. The summed E-state index contributed by atoms with van der Waals surface area (Å²) in [6.07, 6.45) is 3.83. The standard InChI is InChI=1S/C10H11N3OS/c1-7-8(6-13(2)12-7)9(14)5-10-11-3-4-15-10/h3-4,6H,5H2,1-2H3. The minimum Gasteiger partial charge on any atom is -0.294 e. The molecule has 0 fully saturated rings. The second kappa shape index (κ2) is 3.94. The zero-order valence-corrected chi connectivity index (χ0v) is 9.41. The Balaban J connectivity index is 2.18. The Labute approximate surface area is 91.6 Å². The molecule has 0 radical (unpaired) electrons. The maximum absolute atomic E-state index is 11.9. The highest BCUT2D eigenvalue weighted by atomic mass is 32.1. The van der Waals surface area contributed by atoms with Gasteiger partial charge in [-0.1, -0.05) is 0 Å². The molecule has 0 saturated heterocycles. The molecule has 2 aromatic rings. The first-order valence-electron chi connectivity index (χ1n) is 4.58. The van der Waals surface area contributed by atoms with E-state index in [4.69, 9.17) is 0 Å². The van der Waals surface area contributed by atoms with Crippen molar-refractivity contribution in [1.29, 1.82) is 0 Å². The van der Waals surface area contributed by atoms with Gasteiger partial charge >= 0.3 is 0 Å². The number of aryl methyl sites for hydroxylation is 2. The minimum atomic E-state index is 0.0792. The molecule has 0 N–H and O–H groups in total. The summed E-state index contributed by atoms with van der Waals surface area (Å²) in [7, 11) is 1.81. The van der Waals surface area contributed by atoms with Gasteiger partial charge in [0.25, 0.3) is 0 Å². The first kappa shape index (κ1) is 10.0. The van der Waals surface area contributed by atoms with Crippen LogP contribution in [0.25, 0.3) is 0 Å². The molecule has 0 aliphatic heterocycles. The van der Waals surface area contributed by atoms with Crippen LogP contribution in [0.15, 0.2) is 17.8 Å². The Morgan fingerprint density at radius 3 is 2.93 bits per heavy atom. The van der Waals surface area contributed by atoms with E-state index in [-0.39, 0.29) is 5.78 Å². The largest absolute Gasteiger partial charge is 0.294 e. The molecule has 0 unspecified atom stereocenters. The first-order chi connectivity index (χ1) is 7.16. The predicted molar refractivity (Wildman–Crippen MR) is 58.1 cm³/mol. The fourth-order valence-electron chi connectivity index (χ4n) is 1.45. The number of hydrogen-bond acceptors (Lipinski definition) is 4. The van der Waals surface area contributed by atoms with Crippen LogP contribution in [-0.4, -0.2) is 20.5 Å². The van der Waals surface area contributed by atoms with E-state index in [9.17, 15) is 4.79 Å². The molecular weight excluding hydrogens is 210 g/mol. The topological polar surface area (TPSA) is 47.8 Å². The molecule has 78 valence electrons. The van der Waals surface area contributed by atoms with Gasteiger partial charge in [0.1, 0.15) is 5.01 Å². The Kier molecular flexibility index (Phi) is 2.64. The molecule has 15 heavy (non-hydrogen) atoms. The van der Waals surface area contributed by atoms with Crippen molar-refractivity contribution in [2.45, 2.75) is 13.3 Å². The highest BCUT2D eigenvalue weighted by molar-refractivity contribution is 7.09.